The van der Waals surface area contributed by atoms with Crippen molar-refractivity contribution in [2.45, 2.75) is 26.0 Å². The van der Waals surface area contributed by atoms with Crippen LogP contribution in [-0.4, -0.2) is 64.0 Å². The molecule has 0 saturated carbocycles. The number of hydrogen-bond donors (Lipinski definition) is 0. The second-order valence-corrected chi connectivity index (χ2v) is 9.91. The van der Waals surface area contributed by atoms with Gasteiger partial charge < -0.3 is 0 Å². The summed E-state index contributed by atoms with van der Waals surface area (Å²) in [6.07, 6.45) is 3.00. The van der Waals surface area contributed by atoms with Gasteiger partial charge in [-0.2, -0.15) is 0 Å². The monoisotopic (exact) mass is 421 g/mol. The number of aromatic nitrogens is 3. The molecule has 2 radical (unpaired) electrons. The van der Waals surface area contributed by atoms with Crippen LogP contribution in [0.25, 0.3) is 21.9 Å². The van der Waals surface area contributed by atoms with Crippen molar-refractivity contribution < 1.29 is 13.2 Å². The fourth-order valence-electron chi connectivity index (χ4n) is 2.81. The first-order chi connectivity index (χ1) is 11.7. The molecular formula is C17H20AsN3O3S. The molecule has 8 heteroatoms. The van der Waals surface area contributed by atoms with Crippen molar-refractivity contribution in [1.82, 2.24) is 14.5 Å². The van der Waals surface area contributed by atoms with E-state index in [1.165, 1.54) is 6.26 Å². The number of para-hydroxylation sites is 1. The summed E-state index contributed by atoms with van der Waals surface area (Å²) in [6, 6.07) is 7.97. The third kappa shape index (κ3) is 4.22. The Morgan fingerprint density at radius 3 is 2.72 bits per heavy atom. The number of pyridine rings is 1. The van der Waals surface area contributed by atoms with E-state index in [1.54, 1.807) is 6.33 Å². The Bertz CT molecular complexity index is 1030. The quantitative estimate of drug-likeness (QED) is 0.560. The zero-order valence-corrected chi connectivity index (χ0v) is 17.1. The SMILES string of the molecule is CC(C)(Cn1cnc2c([As])nc3ccccc3c21)OCCS(C)(=O)=O. The van der Waals surface area contributed by atoms with Gasteiger partial charge in [-0.05, 0) is 0 Å². The van der Waals surface area contributed by atoms with Gasteiger partial charge in [-0.15, -0.1) is 0 Å². The minimum absolute atomic E-state index is 0.0184. The van der Waals surface area contributed by atoms with Gasteiger partial charge in [-0.3, -0.25) is 0 Å². The molecule has 132 valence electrons. The van der Waals surface area contributed by atoms with Crippen LogP contribution >= 0.6 is 0 Å². The molecule has 0 unspecified atom stereocenters. The number of benzene rings is 1. The van der Waals surface area contributed by atoms with Gasteiger partial charge in [0.1, 0.15) is 0 Å². The molecule has 0 saturated heterocycles. The van der Waals surface area contributed by atoms with Gasteiger partial charge in [-0.25, -0.2) is 0 Å². The van der Waals surface area contributed by atoms with Crippen LogP contribution in [0, 0.1) is 0 Å². The first kappa shape index (κ1) is 18.4. The summed E-state index contributed by atoms with van der Waals surface area (Å²) in [6.45, 7) is 4.64. The molecule has 2 heterocycles. The standard InChI is InChI=1S/C17H20AsN3O3S/c1-17(2,24-8-9-25(3,22)23)10-21-11-19-14-15(21)12-6-4-5-7-13(12)20-16(14)18/h4-7,11H,8-10H2,1-3H3. The van der Waals surface area contributed by atoms with E-state index in [1.807, 2.05) is 38.1 Å². The van der Waals surface area contributed by atoms with Crippen LogP contribution in [0.4, 0.5) is 0 Å². The third-order valence-electron chi connectivity index (χ3n) is 3.93. The fraction of sp³-hybridized carbons (Fsp3) is 0.412. The Kier molecular flexibility index (Phi) is 4.93. The topological polar surface area (TPSA) is 74.1 Å². The predicted octanol–water partition coefficient (Wildman–Crippen LogP) is 1.22. The van der Waals surface area contributed by atoms with Crippen LogP contribution in [0.15, 0.2) is 30.6 Å². The molecule has 2 aromatic heterocycles. The zero-order valence-electron chi connectivity index (χ0n) is 14.4. The van der Waals surface area contributed by atoms with Crippen LogP contribution in [0.1, 0.15) is 13.8 Å². The fourth-order valence-corrected chi connectivity index (χ4v) is 3.77. The van der Waals surface area contributed by atoms with Crippen LogP contribution in [0.2, 0.25) is 0 Å². The van der Waals surface area contributed by atoms with E-state index < -0.39 is 15.4 Å². The number of rotatable bonds is 6. The van der Waals surface area contributed by atoms with Crippen molar-refractivity contribution in [3.05, 3.63) is 30.6 Å². The van der Waals surface area contributed by atoms with E-state index >= 15 is 0 Å². The molecule has 0 spiro atoms. The van der Waals surface area contributed by atoms with E-state index in [-0.39, 0.29) is 12.4 Å². The average molecular weight is 421 g/mol. The molecule has 3 aromatic rings. The Hall–Kier alpha value is -1.43. The van der Waals surface area contributed by atoms with Crippen LogP contribution in [0.3, 0.4) is 0 Å². The number of hydrogen-bond acceptors (Lipinski definition) is 5. The number of ether oxygens (including phenoxy) is 1. The normalized spacial score (nSPS) is 13.0. The van der Waals surface area contributed by atoms with Gasteiger partial charge >= 0.3 is 156 Å². The Balaban J connectivity index is 1.94. The van der Waals surface area contributed by atoms with Gasteiger partial charge in [0.05, 0.1) is 0 Å². The van der Waals surface area contributed by atoms with Crippen LogP contribution in [0.5, 0.6) is 0 Å². The number of imidazole rings is 1. The Labute approximate surface area is 156 Å². The average Bonchev–Trinajstić information content (AvgIpc) is 2.90. The molecule has 0 aliphatic heterocycles. The summed E-state index contributed by atoms with van der Waals surface area (Å²) in [5.74, 6) is 0.0184. The van der Waals surface area contributed by atoms with Crippen molar-refractivity contribution >= 4 is 53.1 Å². The van der Waals surface area contributed by atoms with Crippen molar-refractivity contribution in [2.24, 2.45) is 0 Å². The number of fused-ring (bicyclic) bond motifs is 3. The Morgan fingerprint density at radius 1 is 1.28 bits per heavy atom. The third-order valence-corrected chi connectivity index (χ3v) is 5.50. The summed E-state index contributed by atoms with van der Waals surface area (Å²) in [5.41, 5.74) is 2.26. The number of sulfone groups is 1. The van der Waals surface area contributed by atoms with E-state index in [0.717, 1.165) is 26.4 Å². The summed E-state index contributed by atoms with van der Waals surface area (Å²) in [7, 11) is -3.03. The summed E-state index contributed by atoms with van der Waals surface area (Å²) in [5, 5.41) is 1.04. The van der Waals surface area contributed by atoms with Crippen molar-refractivity contribution in [3.63, 3.8) is 0 Å². The summed E-state index contributed by atoms with van der Waals surface area (Å²) < 4.78 is 31.3. The van der Waals surface area contributed by atoms with Gasteiger partial charge in [0.2, 0.25) is 0 Å². The second kappa shape index (κ2) is 6.71. The molecule has 0 bridgehead atoms. The van der Waals surface area contributed by atoms with Crippen molar-refractivity contribution in [2.75, 3.05) is 18.6 Å². The van der Waals surface area contributed by atoms with Gasteiger partial charge in [0.15, 0.2) is 0 Å². The van der Waals surface area contributed by atoms with Crippen LogP contribution < -0.4 is 4.48 Å². The van der Waals surface area contributed by atoms with Gasteiger partial charge in [0, 0.05) is 0 Å². The second-order valence-electron chi connectivity index (χ2n) is 6.76. The maximum atomic E-state index is 11.3. The van der Waals surface area contributed by atoms with Crippen LogP contribution in [-0.2, 0) is 21.1 Å². The van der Waals surface area contributed by atoms with E-state index in [0.29, 0.717) is 6.54 Å². The first-order valence-electron chi connectivity index (χ1n) is 7.90. The van der Waals surface area contributed by atoms with Crippen molar-refractivity contribution in [1.29, 1.82) is 0 Å². The van der Waals surface area contributed by atoms with E-state index in [4.69, 9.17) is 4.74 Å². The molecule has 0 amide bonds. The molecular weight excluding hydrogens is 401 g/mol. The molecule has 0 aliphatic rings. The predicted molar refractivity (Wildman–Crippen MR) is 100 cm³/mol. The molecule has 1 aromatic carbocycles. The number of nitrogens with zero attached hydrogens (tertiary/aromatic N) is 3. The van der Waals surface area contributed by atoms with Gasteiger partial charge in [0.25, 0.3) is 0 Å². The van der Waals surface area contributed by atoms with E-state index in [2.05, 4.69) is 31.4 Å². The van der Waals surface area contributed by atoms with E-state index in [9.17, 15) is 8.42 Å². The van der Waals surface area contributed by atoms with Crippen molar-refractivity contribution in [3.8, 4) is 0 Å². The Morgan fingerprint density at radius 2 is 2.00 bits per heavy atom. The molecule has 0 N–H and O–H groups in total. The minimum atomic E-state index is -3.03. The molecule has 0 aliphatic carbocycles. The van der Waals surface area contributed by atoms with Gasteiger partial charge in [-0.1, -0.05) is 0 Å². The molecule has 0 atom stereocenters. The maximum absolute atomic E-state index is 11.3. The molecule has 0 fully saturated rings. The molecule has 3 rings (SSSR count). The first-order valence-corrected chi connectivity index (χ1v) is 10.9. The molecule has 25 heavy (non-hydrogen) atoms. The zero-order chi connectivity index (χ0) is 18.2. The summed E-state index contributed by atoms with van der Waals surface area (Å²) in [4.78, 5) is 9.09. The summed E-state index contributed by atoms with van der Waals surface area (Å²) >= 11 is 2.47. The molecule has 6 nitrogen and oxygen atoms in total.